The van der Waals surface area contributed by atoms with Gasteiger partial charge in [-0.1, -0.05) is 37.3 Å². The van der Waals surface area contributed by atoms with Gasteiger partial charge >= 0.3 is 0 Å². The van der Waals surface area contributed by atoms with E-state index in [4.69, 9.17) is 11.6 Å². The Hall–Kier alpha value is -0.790. The van der Waals surface area contributed by atoms with Crippen LogP contribution in [0.15, 0.2) is 47.2 Å². The SMILES string of the molecule is CC(CCc1ccsc1)C(Cl)c1ccccc1. The fourth-order valence-electron chi connectivity index (χ4n) is 1.94. The van der Waals surface area contributed by atoms with Gasteiger partial charge in [0, 0.05) is 0 Å². The van der Waals surface area contributed by atoms with Crippen LogP contribution in [0.1, 0.15) is 29.8 Å². The molecular formula is C15H17ClS. The summed E-state index contributed by atoms with van der Waals surface area (Å²) >= 11 is 8.26. The summed E-state index contributed by atoms with van der Waals surface area (Å²) in [4.78, 5) is 0. The Morgan fingerprint density at radius 2 is 1.94 bits per heavy atom. The van der Waals surface area contributed by atoms with E-state index in [0.29, 0.717) is 5.92 Å². The number of alkyl halides is 1. The molecule has 0 bridgehead atoms. The molecule has 0 aliphatic carbocycles. The molecule has 0 fully saturated rings. The van der Waals surface area contributed by atoms with E-state index in [1.807, 2.05) is 6.07 Å². The van der Waals surface area contributed by atoms with Crippen molar-refractivity contribution in [3.8, 4) is 0 Å². The average Bonchev–Trinajstić information content (AvgIpc) is 2.89. The standard InChI is InChI=1S/C15H17ClS/c1-12(7-8-13-9-10-17-11-13)15(16)14-5-3-2-4-6-14/h2-6,9-12,15H,7-8H2,1H3. The maximum atomic E-state index is 6.50. The number of hydrogen-bond acceptors (Lipinski definition) is 1. The lowest BCUT2D eigenvalue weighted by Crippen LogP contribution is -2.05. The van der Waals surface area contributed by atoms with Crippen LogP contribution in [0.5, 0.6) is 0 Å². The van der Waals surface area contributed by atoms with Crippen molar-refractivity contribution in [2.45, 2.75) is 25.1 Å². The van der Waals surface area contributed by atoms with Gasteiger partial charge in [0.2, 0.25) is 0 Å². The zero-order chi connectivity index (χ0) is 12.1. The summed E-state index contributed by atoms with van der Waals surface area (Å²) in [5.41, 5.74) is 2.66. The molecule has 0 saturated heterocycles. The van der Waals surface area contributed by atoms with Crippen LogP contribution in [0.3, 0.4) is 0 Å². The highest BCUT2D eigenvalue weighted by atomic mass is 35.5. The van der Waals surface area contributed by atoms with Crippen molar-refractivity contribution in [2.75, 3.05) is 0 Å². The number of aryl methyl sites for hydroxylation is 1. The van der Waals surface area contributed by atoms with Gasteiger partial charge in [0.25, 0.3) is 0 Å². The number of halogens is 1. The molecule has 1 aromatic heterocycles. The first kappa shape index (κ1) is 12.7. The summed E-state index contributed by atoms with van der Waals surface area (Å²) in [6, 6.07) is 12.6. The minimum absolute atomic E-state index is 0.120. The fourth-order valence-corrected chi connectivity index (χ4v) is 2.92. The molecule has 0 spiro atoms. The minimum Gasteiger partial charge on any atom is -0.152 e. The smallest absolute Gasteiger partial charge is 0.0610 e. The third-order valence-corrected chi connectivity index (χ3v) is 4.50. The van der Waals surface area contributed by atoms with Crippen molar-refractivity contribution in [3.05, 3.63) is 58.3 Å². The molecule has 2 aromatic rings. The average molecular weight is 265 g/mol. The first-order chi connectivity index (χ1) is 8.27. The van der Waals surface area contributed by atoms with E-state index in [-0.39, 0.29) is 5.38 Å². The van der Waals surface area contributed by atoms with Crippen LogP contribution in [-0.4, -0.2) is 0 Å². The van der Waals surface area contributed by atoms with Crippen LogP contribution in [0.25, 0.3) is 0 Å². The molecular weight excluding hydrogens is 248 g/mol. The predicted molar refractivity (Wildman–Crippen MR) is 76.8 cm³/mol. The van der Waals surface area contributed by atoms with Crippen molar-refractivity contribution in [1.82, 2.24) is 0 Å². The normalized spacial score (nSPS) is 14.5. The summed E-state index contributed by atoms with van der Waals surface area (Å²) in [5, 5.41) is 4.48. The Bertz CT molecular complexity index is 421. The highest BCUT2D eigenvalue weighted by molar-refractivity contribution is 7.07. The van der Waals surface area contributed by atoms with Gasteiger partial charge in [0.05, 0.1) is 5.38 Å². The van der Waals surface area contributed by atoms with Gasteiger partial charge in [0.1, 0.15) is 0 Å². The molecule has 1 aromatic carbocycles. The summed E-state index contributed by atoms with van der Waals surface area (Å²) < 4.78 is 0. The Morgan fingerprint density at radius 1 is 1.18 bits per heavy atom. The van der Waals surface area contributed by atoms with E-state index in [9.17, 15) is 0 Å². The molecule has 2 unspecified atom stereocenters. The molecule has 0 radical (unpaired) electrons. The zero-order valence-corrected chi connectivity index (χ0v) is 11.5. The molecule has 0 N–H and O–H groups in total. The van der Waals surface area contributed by atoms with Crippen molar-refractivity contribution in [1.29, 1.82) is 0 Å². The molecule has 0 aliphatic rings. The Labute approximate surface area is 112 Å². The molecule has 17 heavy (non-hydrogen) atoms. The summed E-state index contributed by atoms with van der Waals surface area (Å²) in [5.74, 6) is 0.499. The van der Waals surface area contributed by atoms with E-state index in [1.165, 1.54) is 11.1 Å². The first-order valence-corrected chi connectivity index (χ1v) is 7.35. The second-order valence-corrected chi connectivity index (χ2v) is 5.71. The lowest BCUT2D eigenvalue weighted by Gasteiger charge is -2.18. The molecule has 0 amide bonds. The second-order valence-electron chi connectivity index (χ2n) is 4.46. The Balaban J connectivity index is 1.89. The van der Waals surface area contributed by atoms with Crippen LogP contribution in [-0.2, 0) is 6.42 Å². The Kier molecular flexibility index (Phi) is 4.64. The van der Waals surface area contributed by atoms with Gasteiger partial charge in [-0.2, -0.15) is 11.3 Å². The monoisotopic (exact) mass is 264 g/mol. The van der Waals surface area contributed by atoms with Gasteiger partial charge in [-0.3, -0.25) is 0 Å². The maximum Gasteiger partial charge on any atom is 0.0610 e. The van der Waals surface area contributed by atoms with E-state index < -0.39 is 0 Å². The molecule has 2 rings (SSSR count). The van der Waals surface area contributed by atoms with E-state index in [0.717, 1.165) is 12.8 Å². The van der Waals surface area contributed by atoms with E-state index >= 15 is 0 Å². The Morgan fingerprint density at radius 3 is 2.59 bits per heavy atom. The molecule has 0 saturated carbocycles. The first-order valence-electron chi connectivity index (χ1n) is 5.97. The lowest BCUT2D eigenvalue weighted by molar-refractivity contribution is 0.515. The molecule has 0 aliphatic heterocycles. The third-order valence-electron chi connectivity index (χ3n) is 3.09. The van der Waals surface area contributed by atoms with E-state index in [1.54, 1.807) is 11.3 Å². The van der Waals surface area contributed by atoms with Crippen molar-refractivity contribution in [2.24, 2.45) is 5.92 Å². The van der Waals surface area contributed by atoms with Crippen LogP contribution in [0.4, 0.5) is 0 Å². The largest absolute Gasteiger partial charge is 0.152 e. The zero-order valence-electron chi connectivity index (χ0n) is 9.97. The highest BCUT2D eigenvalue weighted by Gasteiger charge is 2.16. The van der Waals surface area contributed by atoms with Gasteiger partial charge in [0.15, 0.2) is 0 Å². The number of rotatable bonds is 5. The quantitative estimate of drug-likeness (QED) is 0.643. The second kappa shape index (κ2) is 6.23. The van der Waals surface area contributed by atoms with Crippen molar-refractivity contribution in [3.63, 3.8) is 0 Å². The maximum absolute atomic E-state index is 6.50. The molecule has 0 nitrogen and oxygen atoms in total. The molecule has 1 heterocycles. The van der Waals surface area contributed by atoms with Crippen LogP contribution < -0.4 is 0 Å². The molecule has 2 heteroatoms. The van der Waals surface area contributed by atoms with Crippen LogP contribution in [0, 0.1) is 5.92 Å². The van der Waals surface area contributed by atoms with E-state index in [2.05, 4.69) is 48.0 Å². The van der Waals surface area contributed by atoms with Gasteiger partial charge in [-0.25, -0.2) is 0 Å². The van der Waals surface area contributed by atoms with Crippen LogP contribution >= 0.6 is 22.9 Å². The molecule has 90 valence electrons. The highest BCUT2D eigenvalue weighted by Crippen LogP contribution is 2.31. The topological polar surface area (TPSA) is 0 Å². The van der Waals surface area contributed by atoms with Crippen LogP contribution in [0.2, 0.25) is 0 Å². The lowest BCUT2D eigenvalue weighted by atomic mass is 9.95. The third kappa shape index (κ3) is 3.58. The summed E-state index contributed by atoms with van der Waals surface area (Å²) in [6.07, 6.45) is 2.26. The van der Waals surface area contributed by atoms with Gasteiger partial charge < -0.3 is 0 Å². The fraction of sp³-hybridized carbons (Fsp3) is 0.333. The molecule has 2 atom stereocenters. The van der Waals surface area contributed by atoms with Gasteiger partial charge in [-0.15, -0.1) is 11.6 Å². The number of benzene rings is 1. The predicted octanol–water partition coefficient (Wildman–Crippen LogP) is 5.30. The van der Waals surface area contributed by atoms with Gasteiger partial charge in [-0.05, 0) is 46.7 Å². The van der Waals surface area contributed by atoms with Crippen molar-refractivity contribution < 1.29 is 0 Å². The minimum atomic E-state index is 0.120. The number of thiophene rings is 1. The van der Waals surface area contributed by atoms with Crippen molar-refractivity contribution >= 4 is 22.9 Å². The summed E-state index contributed by atoms with van der Waals surface area (Å²) in [6.45, 7) is 2.23. The number of hydrogen-bond donors (Lipinski definition) is 0. The summed E-state index contributed by atoms with van der Waals surface area (Å²) in [7, 11) is 0.